The van der Waals surface area contributed by atoms with Crippen molar-refractivity contribution in [2.24, 2.45) is 5.92 Å². The maximum Gasteiger partial charge on any atom is 0.303 e. The molecular weight excluding hydrogens is 500 g/mol. The highest BCUT2D eigenvalue weighted by Gasteiger charge is 2.48. The second kappa shape index (κ2) is 10.4. The summed E-state index contributed by atoms with van der Waals surface area (Å²) in [6.45, 7) is 12.3. The maximum absolute atomic E-state index is 13.6. The largest absolute Gasteiger partial charge is 0.764 e. The number of hydrogen-bond acceptors (Lipinski definition) is 5. The second-order valence-electron chi connectivity index (χ2n) is 12.1. The summed E-state index contributed by atoms with van der Waals surface area (Å²) < 4.78 is 0. The lowest BCUT2D eigenvalue weighted by molar-refractivity contribution is -0.358. The molecule has 0 bridgehead atoms. The first-order chi connectivity index (χ1) is 19.0. The van der Waals surface area contributed by atoms with E-state index in [4.69, 9.17) is 5.11 Å². The number of carbonyl (C=O) groups is 1. The number of carboxylic acid groups (broad SMARTS) is 1. The maximum atomic E-state index is 13.6. The third kappa shape index (κ3) is 4.48. The van der Waals surface area contributed by atoms with Crippen LogP contribution in [-0.2, 0) is 15.6 Å². The molecule has 2 aliphatic heterocycles. The number of rotatable bonds is 9. The average Bonchev–Trinajstić information content (AvgIpc) is 3.28. The molecule has 2 aromatic rings. The molecule has 2 aromatic carbocycles. The number of para-hydroxylation sites is 2. The molecule has 5 rings (SSSR count). The zero-order chi connectivity index (χ0) is 28.8. The number of nitrogens with zero attached hydrogens (tertiary/aromatic N) is 2. The van der Waals surface area contributed by atoms with Gasteiger partial charge in [0.25, 0.3) is 0 Å². The van der Waals surface area contributed by atoms with E-state index in [1.807, 2.05) is 36.4 Å². The predicted molar refractivity (Wildman–Crippen MR) is 158 cm³/mol. The Morgan fingerprint density at radius 3 is 2.08 bits per heavy atom. The molecule has 0 saturated heterocycles. The van der Waals surface area contributed by atoms with E-state index in [0.29, 0.717) is 12.0 Å². The minimum Gasteiger partial charge on any atom is -0.764 e. The van der Waals surface area contributed by atoms with Crippen LogP contribution in [-0.4, -0.2) is 29.3 Å². The Hall–Kier alpha value is -3.64. The number of aliphatic carboxylic acids is 1. The second-order valence-corrected chi connectivity index (χ2v) is 12.1. The minimum atomic E-state index is -0.768. The van der Waals surface area contributed by atoms with Crippen LogP contribution in [0.5, 0.6) is 0 Å². The van der Waals surface area contributed by atoms with E-state index in [1.165, 1.54) is 11.1 Å². The molecule has 0 saturated carbocycles. The van der Waals surface area contributed by atoms with Gasteiger partial charge in [-0.25, -0.2) is 0 Å². The van der Waals surface area contributed by atoms with Crippen LogP contribution in [0.15, 0.2) is 83.4 Å². The topological polar surface area (TPSA) is 87.1 Å². The summed E-state index contributed by atoms with van der Waals surface area (Å²) in [5.41, 5.74) is 6.46. The fraction of sp³-hybridized carbons (Fsp3) is 0.412. The summed E-state index contributed by atoms with van der Waals surface area (Å²) in [7, 11) is 0. The van der Waals surface area contributed by atoms with Crippen LogP contribution in [0.4, 0.5) is 11.4 Å². The first kappa shape index (κ1) is 27.9. The molecule has 1 atom stereocenters. The number of carboxylic acids is 1. The summed E-state index contributed by atoms with van der Waals surface area (Å²) >= 11 is 0. The molecule has 0 amide bonds. The van der Waals surface area contributed by atoms with Crippen molar-refractivity contribution in [1.29, 1.82) is 0 Å². The number of unbranched alkanes of at least 4 members (excludes halogenated alkanes) is 2. The highest BCUT2D eigenvalue weighted by molar-refractivity contribution is 5.73. The molecule has 0 fully saturated rings. The summed E-state index contributed by atoms with van der Waals surface area (Å²) in [5.74, 6) is -1.29. The van der Waals surface area contributed by atoms with Gasteiger partial charge in [-0.2, -0.15) is 0 Å². The van der Waals surface area contributed by atoms with Crippen molar-refractivity contribution in [2.75, 3.05) is 22.9 Å². The lowest BCUT2D eigenvalue weighted by Crippen LogP contribution is -2.39. The van der Waals surface area contributed by atoms with Gasteiger partial charge in [0.1, 0.15) is 5.92 Å². The lowest BCUT2D eigenvalue weighted by Gasteiger charge is -2.35. The highest BCUT2D eigenvalue weighted by Crippen LogP contribution is 2.52. The molecule has 0 aromatic heterocycles. The Bertz CT molecular complexity index is 1400. The number of benzene rings is 2. The van der Waals surface area contributed by atoms with Crippen molar-refractivity contribution in [3.05, 3.63) is 101 Å². The normalized spacial score (nSPS) is 22.6. The van der Waals surface area contributed by atoms with Crippen LogP contribution in [0.25, 0.3) is 0 Å². The van der Waals surface area contributed by atoms with Gasteiger partial charge in [-0.1, -0.05) is 56.7 Å². The molecule has 2 N–H and O–H groups in total. The van der Waals surface area contributed by atoms with Crippen LogP contribution in [0.3, 0.4) is 0 Å². The number of allylic oxidation sites excluding steroid dienone is 2. The van der Waals surface area contributed by atoms with Crippen molar-refractivity contribution in [3.8, 4) is 0 Å². The minimum absolute atomic E-state index is 0.0616. The standard InChI is InChI=1S/C34H40N2O4/c1-6-35-26-16-11-9-14-24(26)33(2,3)28(35)20-22-31(39)23(32(22)40)21-29-34(4,5)25-15-10-12-17-27(25)36(29)19-13-7-8-18-30(37)38/h9-12,14-17,20-22,39H,6-8,13,18-19H2,1-5H3,(H,37,38). The van der Waals surface area contributed by atoms with Gasteiger partial charge in [-0.15, -0.1) is 0 Å². The number of likely N-dealkylation sites (N-methyl/N-ethyl adjacent to an activating group) is 1. The molecule has 210 valence electrons. The van der Waals surface area contributed by atoms with E-state index in [2.05, 4.69) is 68.7 Å². The van der Waals surface area contributed by atoms with Gasteiger partial charge in [0, 0.05) is 47.4 Å². The number of hydrogen-bond donors (Lipinski definition) is 2. The van der Waals surface area contributed by atoms with Gasteiger partial charge in [0.15, 0.2) is 5.57 Å². The molecule has 0 spiro atoms. The number of aliphatic hydroxyl groups is 1. The summed E-state index contributed by atoms with van der Waals surface area (Å²) in [6, 6.07) is 16.6. The number of anilines is 2. The van der Waals surface area contributed by atoms with Gasteiger partial charge >= 0.3 is 5.97 Å². The molecule has 6 nitrogen and oxygen atoms in total. The van der Waals surface area contributed by atoms with Gasteiger partial charge < -0.3 is 25.1 Å². The Labute approximate surface area is 237 Å². The Morgan fingerprint density at radius 2 is 1.50 bits per heavy atom. The zero-order valence-electron chi connectivity index (χ0n) is 24.2. The van der Waals surface area contributed by atoms with Gasteiger partial charge in [-0.05, 0) is 69.1 Å². The molecule has 0 radical (unpaired) electrons. The predicted octanol–water partition coefficient (Wildman–Crippen LogP) is 6.35. The summed E-state index contributed by atoms with van der Waals surface area (Å²) in [6.07, 6.45) is 6.25. The smallest absolute Gasteiger partial charge is 0.303 e. The van der Waals surface area contributed by atoms with Crippen LogP contribution in [0.1, 0.15) is 71.4 Å². The molecule has 1 aliphatic carbocycles. The molecule has 6 heteroatoms. The van der Waals surface area contributed by atoms with Crippen LogP contribution >= 0.6 is 0 Å². The summed E-state index contributed by atoms with van der Waals surface area (Å²) in [5, 5.41) is 33.8. The Balaban J connectivity index is 1.45. The Kier molecular flexibility index (Phi) is 7.26. The van der Waals surface area contributed by atoms with Crippen molar-refractivity contribution in [3.63, 3.8) is 0 Å². The molecular formula is C34H40N2O4. The molecule has 40 heavy (non-hydrogen) atoms. The monoisotopic (exact) mass is 540 g/mol. The van der Waals surface area contributed by atoms with Crippen LogP contribution in [0.2, 0.25) is 0 Å². The van der Waals surface area contributed by atoms with Crippen molar-refractivity contribution >= 4 is 17.3 Å². The Morgan fingerprint density at radius 1 is 0.925 bits per heavy atom. The van der Waals surface area contributed by atoms with Crippen molar-refractivity contribution < 1.29 is 20.1 Å². The van der Waals surface area contributed by atoms with Crippen LogP contribution in [0, 0.1) is 12.0 Å². The SMILES string of the molecule is CCN1C(=CC2C(O)=C(C=C3N(CCCCCC(=O)O)c4ccccc4C3(C)C)[C+]2[O-])C(C)(C)c2ccccc21. The van der Waals surface area contributed by atoms with Gasteiger partial charge in [0.05, 0.1) is 11.8 Å². The van der Waals surface area contributed by atoms with Gasteiger partial charge in [-0.3, -0.25) is 4.79 Å². The van der Waals surface area contributed by atoms with E-state index in [-0.39, 0.29) is 29.1 Å². The van der Waals surface area contributed by atoms with Crippen molar-refractivity contribution in [1.82, 2.24) is 0 Å². The highest BCUT2D eigenvalue weighted by atomic mass is 16.4. The molecule has 2 heterocycles. The zero-order valence-corrected chi connectivity index (χ0v) is 24.2. The molecule has 3 aliphatic rings. The summed E-state index contributed by atoms with van der Waals surface area (Å²) in [4.78, 5) is 15.4. The van der Waals surface area contributed by atoms with Gasteiger partial charge in [0.2, 0.25) is 5.76 Å². The first-order valence-corrected chi connectivity index (χ1v) is 14.4. The van der Waals surface area contributed by atoms with E-state index >= 15 is 0 Å². The number of fused-ring (bicyclic) bond motifs is 2. The fourth-order valence-corrected chi connectivity index (χ4v) is 6.65. The van der Waals surface area contributed by atoms with Crippen molar-refractivity contribution in [2.45, 2.75) is 71.1 Å². The number of aliphatic hydroxyl groups excluding tert-OH is 1. The lowest BCUT2D eigenvalue weighted by atomic mass is 9.75. The third-order valence-electron chi connectivity index (χ3n) is 8.91. The van der Waals surface area contributed by atoms with Crippen LogP contribution < -0.4 is 14.9 Å². The fourth-order valence-electron chi connectivity index (χ4n) is 6.65. The molecule has 1 unspecified atom stereocenters. The van der Waals surface area contributed by atoms with E-state index in [0.717, 1.165) is 48.7 Å². The van der Waals surface area contributed by atoms with E-state index < -0.39 is 11.9 Å². The van der Waals surface area contributed by atoms with E-state index in [9.17, 15) is 15.0 Å². The van der Waals surface area contributed by atoms with E-state index in [1.54, 1.807) is 0 Å². The average molecular weight is 541 g/mol. The quantitative estimate of drug-likeness (QED) is 0.285. The third-order valence-corrected chi connectivity index (χ3v) is 8.91. The first-order valence-electron chi connectivity index (χ1n) is 14.4.